The molecule has 0 saturated carbocycles. The minimum absolute atomic E-state index is 0.0114. The van der Waals surface area contributed by atoms with E-state index in [4.69, 9.17) is 4.74 Å². The number of hydrogen-bond donors (Lipinski definition) is 1. The molecule has 2 aromatic rings. The first-order valence-corrected chi connectivity index (χ1v) is 11.2. The van der Waals surface area contributed by atoms with E-state index in [1.165, 1.54) is 13.2 Å². The van der Waals surface area contributed by atoms with Gasteiger partial charge in [-0.2, -0.15) is 0 Å². The van der Waals surface area contributed by atoms with E-state index in [2.05, 4.69) is 21.2 Å². The van der Waals surface area contributed by atoms with Crippen molar-refractivity contribution in [2.45, 2.75) is 37.6 Å². The number of methoxy groups -OCH3 is 1. The van der Waals surface area contributed by atoms with E-state index >= 15 is 0 Å². The van der Waals surface area contributed by atoms with Crippen molar-refractivity contribution in [2.75, 3.05) is 18.0 Å². The van der Waals surface area contributed by atoms with Gasteiger partial charge in [-0.05, 0) is 43.7 Å². The van der Waals surface area contributed by atoms with Gasteiger partial charge < -0.3 is 10.1 Å². The quantitative estimate of drug-likeness (QED) is 0.604. The van der Waals surface area contributed by atoms with E-state index in [-0.39, 0.29) is 29.1 Å². The molecule has 0 bridgehead atoms. The van der Waals surface area contributed by atoms with Gasteiger partial charge in [0.05, 0.1) is 12.8 Å². The van der Waals surface area contributed by atoms with Gasteiger partial charge in [-0.15, -0.1) is 0 Å². The minimum Gasteiger partial charge on any atom is -0.495 e. The zero-order valence-electron chi connectivity index (χ0n) is 16.2. The highest BCUT2D eigenvalue weighted by atomic mass is 79.9. The van der Waals surface area contributed by atoms with Crippen LogP contribution in [0, 0.1) is 0 Å². The molecule has 152 valence electrons. The lowest BCUT2D eigenvalue weighted by atomic mass is 10.2. The van der Waals surface area contributed by atoms with Crippen LogP contribution < -0.4 is 14.4 Å². The van der Waals surface area contributed by atoms with E-state index in [0.29, 0.717) is 10.2 Å². The Morgan fingerprint density at radius 1 is 1.21 bits per heavy atom. The molecule has 0 aliphatic rings. The standard InChI is InChI=1S/C20H25BrN2O4S/c1-4-8-15(2)22-20(24)14-23(17-9-6-5-7-10-17)28(25,26)19-13-16(21)11-12-18(19)27-3/h5-7,9-13,15H,4,8,14H2,1-3H3,(H,22,24)/t15-/m1/s1. The van der Waals surface area contributed by atoms with Gasteiger partial charge in [0.15, 0.2) is 0 Å². The molecule has 0 fully saturated rings. The van der Waals surface area contributed by atoms with Crippen molar-refractivity contribution in [2.24, 2.45) is 0 Å². The van der Waals surface area contributed by atoms with Gasteiger partial charge in [0.25, 0.3) is 10.0 Å². The Labute approximate surface area is 175 Å². The Kier molecular flexibility index (Phi) is 7.88. The summed E-state index contributed by atoms with van der Waals surface area (Å²) in [6.07, 6.45) is 1.75. The summed E-state index contributed by atoms with van der Waals surface area (Å²) < 4.78 is 33.9. The number of carbonyl (C=O) groups excluding carboxylic acids is 1. The Hall–Kier alpha value is -2.06. The van der Waals surface area contributed by atoms with Gasteiger partial charge in [-0.1, -0.05) is 47.5 Å². The van der Waals surface area contributed by atoms with Crippen molar-refractivity contribution in [3.8, 4) is 5.75 Å². The van der Waals surface area contributed by atoms with Crippen LogP contribution in [-0.4, -0.2) is 34.0 Å². The number of para-hydroxylation sites is 1. The fourth-order valence-electron chi connectivity index (χ4n) is 2.84. The van der Waals surface area contributed by atoms with Crippen molar-refractivity contribution in [3.63, 3.8) is 0 Å². The van der Waals surface area contributed by atoms with Crippen LogP contribution in [0.1, 0.15) is 26.7 Å². The molecular weight excluding hydrogens is 444 g/mol. The lowest BCUT2D eigenvalue weighted by Gasteiger charge is -2.25. The number of nitrogens with zero attached hydrogens (tertiary/aromatic N) is 1. The number of amides is 1. The molecule has 0 aromatic heterocycles. The highest BCUT2D eigenvalue weighted by Gasteiger charge is 2.30. The van der Waals surface area contributed by atoms with Gasteiger partial charge in [0.2, 0.25) is 5.91 Å². The number of sulfonamides is 1. The molecule has 0 saturated heterocycles. The number of anilines is 1. The van der Waals surface area contributed by atoms with E-state index in [0.717, 1.165) is 17.1 Å². The summed E-state index contributed by atoms with van der Waals surface area (Å²) >= 11 is 3.31. The van der Waals surface area contributed by atoms with Gasteiger partial charge in [0, 0.05) is 10.5 Å². The van der Waals surface area contributed by atoms with Crippen molar-refractivity contribution < 1.29 is 17.9 Å². The third-order valence-corrected chi connectivity index (χ3v) is 6.44. The maximum Gasteiger partial charge on any atom is 0.268 e. The summed E-state index contributed by atoms with van der Waals surface area (Å²) in [7, 11) is -2.63. The molecule has 0 unspecified atom stereocenters. The van der Waals surface area contributed by atoms with E-state index < -0.39 is 10.0 Å². The van der Waals surface area contributed by atoms with Crippen molar-refractivity contribution >= 4 is 37.5 Å². The highest BCUT2D eigenvalue weighted by molar-refractivity contribution is 9.10. The Morgan fingerprint density at radius 3 is 2.50 bits per heavy atom. The molecule has 0 radical (unpaired) electrons. The molecule has 8 heteroatoms. The number of hydrogen-bond acceptors (Lipinski definition) is 4. The molecular formula is C20H25BrN2O4S. The van der Waals surface area contributed by atoms with Crippen molar-refractivity contribution in [1.29, 1.82) is 0 Å². The molecule has 1 atom stereocenters. The molecule has 0 spiro atoms. The van der Waals surface area contributed by atoms with E-state index in [1.54, 1.807) is 42.5 Å². The molecule has 1 N–H and O–H groups in total. The number of benzene rings is 2. The summed E-state index contributed by atoms with van der Waals surface area (Å²) in [5.41, 5.74) is 0.405. The monoisotopic (exact) mass is 468 g/mol. The zero-order valence-corrected chi connectivity index (χ0v) is 18.6. The number of ether oxygens (including phenoxy) is 1. The Balaban J connectivity index is 2.45. The second-order valence-electron chi connectivity index (χ2n) is 6.40. The number of carbonyl (C=O) groups is 1. The smallest absolute Gasteiger partial charge is 0.268 e. The molecule has 0 aliphatic carbocycles. The third-order valence-electron chi connectivity index (χ3n) is 4.15. The molecule has 1 amide bonds. The average Bonchev–Trinajstić information content (AvgIpc) is 2.66. The SMILES string of the molecule is CCC[C@@H](C)NC(=O)CN(c1ccccc1)S(=O)(=O)c1cc(Br)ccc1OC. The van der Waals surface area contributed by atoms with Crippen LogP contribution >= 0.6 is 15.9 Å². The molecule has 0 aliphatic heterocycles. The first-order chi connectivity index (χ1) is 13.3. The second-order valence-corrected chi connectivity index (χ2v) is 9.15. The van der Waals surface area contributed by atoms with Crippen LogP contribution in [0.3, 0.4) is 0 Å². The first-order valence-electron chi connectivity index (χ1n) is 9.00. The fraction of sp³-hybridized carbons (Fsp3) is 0.350. The summed E-state index contributed by atoms with van der Waals surface area (Å²) in [5.74, 6) is -0.147. The van der Waals surface area contributed by atoms with E-state index in [9.17, 15) is 13.2 Å². The summed E-state index contributed by atoms with van der Waals surface area (Å²) in [6, 6.07) is 13.3. The zero-order chi connectivity index (χ0) is 20.7. The van der Waals surface area contributed by atoms with Crippen LogP contribution in [0.4, 0.5) is 5.69 Å². The van der Waals surface area contributed by atoms with E-state index in [1.807, 2.05) is 13.8 Å². The lowest BCUT2D eigenvalue weighted by Crippen LogP contribution is -2.43. The van der Waals surface area contributed by atoms with Gasteiger partial charge in [0.1, 0.15) is 17.2 Å². The molecule has 28 heavy (non-hydrogen) atoms. The van der Waals surface area contributed by atoms with Crippen molar-refractivity contribution in [1.82, 2.24) is 5.32 Å². The predicted molar refractivity (Wildman–Crippen MR) is 114 cm³/mol. The third kappa shape index (κ3) is 5.48. The molecule has 6 nitrogen and oxygen atoms in total. The van der Waals surface area contributed by atoms with Crippen LogP contribution in [0.2, 0.25) is 0 Å². The van der Waals surface area contributed by atoms with Crippen LogP contribution in [-0.2, 0) is 14.8 Å². The predicted octanol–water partition coefficient (Wildman–Crippen LogP) is 3.96. The van der Waals surface area contributed by atoms with Gasteiger partial charge in [-0.25, -0.2) is 8.42 Å². The average molecular weight is 469 g/mol. The maximum absolute atomic E-state index is 13.5. The molecule has 0 heterocycles. The van der Waals surface area contributed by atoms with Gasteiger partial charge in [-0.3, -0.25) is 9.10 Å². The minimum atomic E-state index is -4.05. The topological polar surface area (TPSA) is 75.7 Å². The summed E-state index contributed by atoms with van der Waals surface area (Å²) in [4.78, 5) is 12.5. The van der Waals surface area contributed by atoms with Crippen LogP contribution in [0.5, 0.6) is 5.75 Å². The normalized spacial score (nSPS) is 12.3. The second kappa shape index (κ2) is 9.93. The largest absolute Gasteiger partial charge is 0.495 e. The highest BCUT2D eigenvalue weighted by Crippen LogP contribution is 2.32. The Bertz CT molecular complexity index is 904. The van der Waals surface area contributed by atoms with Crippen LogP contribution in [0.25, 0.3) is 0 Å². The van der Waals surface area contributed by atoms with Crippen LogP contribution in [0.15, 0.2) is 57.9 Å². The number of rotatable bonds is 9. The fourth-order valence-corrected chi connectivity index (χ4v) is 4.95. The maximum atomic E-state index is 13.5. The Morgan fingerprint density at radius 2 is 1.89 bits per heavy atom. The first kappa shape index (κ1) is 22.2. The lowest BCUT2D eigenvalue weighted by molar-refractivity contribution is -0.120. The summed E-state index contributed by atoms with van der Waals surface area (Å²) in [5, 5.41) is 2.86. The summed E-state index contributed by atoms with van der Waals surface area (Å²) in [6.45, 7) is 3.61. The molecule has 2 rings (SSSR count). The molecule has 2 aromatic carbocycles. The van der Waals surface area contributed by atoms with Crippen molar-refractivity contribution in [3.05, 3.63) is 53.0 Å². The van der Waals surface area contributed by atoms with Gasteiger partial charge >= 0.3 is 0 Å². The number of nitrogens with one attached hydrogen (secondary N) is 1. The number of halogens is 1.